The zero-order chi connectivity index (χ0) is 15.8. The summed E-state index contributed by atoms with van der Waals surface area (Å²) >= 11 is 0. The van der Waals surface area contributed by atoms with Crippen molar-refractivity contribution in [2.45, 2.75) is 37.6 Å². The summed E-state index contributed by atoms with van der Waals surface area (Å²) in [5.41, 5.74) is 2.18. The monoisotopic (exact) mass is 313 g/mol. The van der Waals surface area contributed by atoms with Crippen LogP contribution in [0.2, 0.25) is 0 Å². The third kappa shape index (κ3) is 3.06. The first-order valence-corrected chi connectivity index (χ1v) is 8.32. The van der Waals surface area contributed by atoms with Gasteiger partial charge in [-0.05, 0) is 56.5 Å². The zero-order valence-corrected chi connectivity index (χ0v) is 12.9. The Bertz CT molecular complexity index is 751. The first kappa shape index (κ1) is 14.6. The zero-order valence-electron chi connectivity index (χ0n) is 12.9. The van der Waals surface area contributed by atoms with E-state index < -0.39 is 0 Å². The molecule has 5 heteroatoms. The summed E-state index contributed by atoms with van der Waals surface area (Å²) in [6.07, 6.45) is 4.47. The van der Waals surface area contributed by atoms with E-state index in [1.807, 2.05) is 6.07 Å². The summed E-state index contributed by atoms with van der Waals surface area (Å²) in [7, 11) is 0. The molecule has 1 unspecified atom stereocenters. The highest BCUT2D eigenvalue weighted by molar-refractivity contribution is 6.06. The van der Waals surface area contributed by atoms with Crippen LogP contribution in [0.4, 0.5) is 4.39 Å². The first-order valence-electron chi connectivity index (χ1n) is 8.32. The summed E-state index contributed by atoms with van der Waals surface area (Å²) in [6.45, 7) is 1.62. The molecule has 2 aromatic rings. The van der Waals surface area contributed by atoms with Gasteiger partial charge in [0.1, 0.15) is 5.82 Å². The Balaban J connectivity index is 1.65. The molecule has 2 aliphatic rings. The Morgan fingerprint density at radius 2 is 2.17 bits per heavy atom. The lowest BCUT2D eigenvalue weighted by Crippen LogP contribution is -2.37. The van der Waals surface area contributed by atoms with Crippen LogP contribution in [0.25, 0.3) is 10.9 Å². The van der Waals surface area contributed by atoms with Crippen LogP contribution < -0.4 is 10.6 Å². The van der Waals surface area contributed by atoms with E-state index in [1.165, 1.54) is 12.1 Å². The van der Waals surface area contributed by atoms with Gasteiger partial charge in [0.15, 0.2) is 0 Å². The second-order valence-corrected chi connectivity index (χ2v) is 6.53. The minimum atomic E-state index is -0.343. The molecule has 1 saturated carbocycles. The lowest BCUT2D eigenvalue weighted by molar-refractivity contribution is 0.0952. The van der Waals surface area contributed by atoms with Crippen molar-refractivity contribution in [3.05, 3.63) is 41.3 Å². The fourth-order valence-electron chi connectivity index (χ4n) is 3.24. The van der Waals surface area contributed by atoms with Gasteiger partial charge in [-0.2, -0.15) is 0 Å². The summed E-state index contributed by atoms with van der Waals surface area (Å²) in [5.74, 6) is -0.0314. The maximum absolute atomic E-state index is 13.6. The van der Waals surface area contributed by atoms with Crippen molar-refractivity contribution >= 4 is 16.8 Å². The number of carbonyl (C=O) groups excluding carboxylic acids is 1. The van der Waals surface area contributed by atoms with Gasteiger partial charge in [-0.1, -0.05) is 0 Å². The van der Waals surface area contributed by atoms with E-state index in [2.05, 4.69) is 15.6 Å². The third-order valence-corrected chi connectivity index (χ3v) is 4.70. The molecule has 120 valence electrons. The lowest BCUT2D eigenvalue weighted by atomic mass is 10.0. The lowest BCUT2D eigenvalue weighted by Gasteiger charge is -2.13. The number of halogens is 1. The molecule has 2 heterocycles. The van der Waals surface area contributed by atoms with Crippen molar-refractivity contribution in [3.63, 3.8) is 0 Å². The standard InChI is InChI=1S/C18H20FN3O/c19-12-5-6-16-14(8-12)15(9-17(22-16)11-3-4-11)18(23)21-10-13-2-1-7-20-13/h5-6,8-9,11,13,20H,1-4,7,10H2,(H,21,23). The van der Waals surface area contributed by atoms with Crippen LogP contribution in [0.3, 0.4) is 0 Å². The van der Waals surface area contributed by atoms with E-state index in [9.17, 15) is 9.18 Å². The highest BCUT2D eigenvalue weighted by atomic mass is 19.1. The molecule has 1 aromatic heterocycles. The second-order valence-electron chi connectivity index (χ2n) is 6.53. The Kier molecular flexibility index (Phi) is 3.73. The van der Waals surface area contributed by atoms with Gasteiger partial charge in [-0.25, -0.2) is 4.39 Å². The van der Waals surface area contributed by atoms with Gasteiger partial charge in [0, 0.05) is 29.6 Å². The average Bonchev–Trinajstić information content (AvgIpc) is 3.28. The average molecular weight is 313 g/mol. The van der Waals surface area contributed by atoms with Gasteiger partial charge in [-0.15, -0.1) is 0 Å². The van der Waals surface area contributed by atoms with E-state index in [-0.39, 0.29) is 11.7 Å². The number of hydrogen-bond acceptors (Lipinski definition) is 3. The highest BCUT2D eigenvalue weighted by Crippen LogP contribution is 2.40. The van der Waals surface area contributed by atoms with E-state index in [4.69, 9.17) is 0 Å². The molecule has 1 aliphatic heterocycles. The number of benzene rings is 1. The molecule has 1 atom stereocenters. The van der Waals surface area contributed by atoms with Gasteiger partial charge in [0.05, 0.1) is 11.1 Å². The predicted molar refractivity (Wildman–Crippen MR) is 87.0 cm³/mol. The molecule has 0 radical (unpaired) electrons. The van der Waals surface area contributed by atoms with Crippen LogP contribution in [-0.2, 0) is 0 Å². The number of nitrogens with one attached hydrogen (secondary N) is 2. The minimum absolute atomic E-state index is 0.140. The molecule has 4 nitrogen and oxygen atoms in total. The van der Waals surface area contributed by atoms with Crippen molar-refractivity contribution in [2.75, 3.05) is 13.1 Å². The van der Waals surface area contributed by atoms with E-state index in [0.717, 1.165) is 37.9 Å². The molecule has 1 aliphatic carbocycles. The van der Waals surface area contributed by atoms with Crippen LogP contribution in [0.15, 0.2) is 24.3 Å². The number of fused-ring (bicyclic) bond motifs is 1. The van der Waals surface area contributed by atoms with Crippen LogP contribution in [0, 0.1) is 5.82 Å². The van der Waals surface area contributed by atoms with Gasteiger partial charge in [0.2, 0.25) is 0 Å². The van der Waals surface area contributed by atoms with Crippen LogP contribution in [0.1, 0.15) is 47.7 Å². The summed E-state index contributed by atoms with van der Waals surface area (Å²) in [4.78, 5) is 17.2. The van der Waals surface area contributed by atoms with Gasteiger partial charge < -0.3 is 10.6 Å². The quantitative estimate of drug-likeness (QED) is 0.912. The van der Waals surface area contributed by atoms with Crippen LogP contribution in [-0.4, -0.2) is 30.0 Å². The molecule has 0 spiro atoms. The largest absolute Gasteiger partial charge is 0.350 e. The number of aromatic nitrogens is 1. The number of pyridine rings is 1. The van der Waals surface area contributed by atoms with Gasteiger partial charge in [-0.3, -0.25) is 9.78 Å². The van der Waals surface area contributed by atoms with Crippen molar-refractivity contribution in [1.29, 1.82) is 0 Å². The number of hydrogen-bond donors (Lipinski definition) is 2. The molecule has 4 rings (SSSR count). The fourth-order valence-corrected chi connectivity index (χ4v) is 3.24. The van der Waals surface area contributed by atoms with Crippen molar-refractivity contribution < 1.29 is 9.18 Å². The first-order chi connectivity index (χ1) is 11.2. The Labute approximate surface area is 134 Å². The van der Waals surface area contributed by atoms with E-state index in [0.29, 0.717) is 35.0 Å². The Hall–Kier alpha value is -2.01. The van der Waals surface area contributed by atoms with Crippen LogP contribution in [0.5, 0.6) is 0 Å². The van der Waals surface area contributed by atoms with Gasteiger partial charge in [0.25, 0.3) is 5.91 Å². The molecule has 0 bridgehead atoms. The fraction of sp³-hybridized carbons (Fsp3) is 0.444. The second kappa shape index (κ2) is 5.89. The van der Waals surface area contributed by atoms with Crippen LogP contribution >= 0.6 is 0 Å². The maximum Gasteiger partial charge on any atom is 0.252 e. The number of rotatable bonds is 4. The molecule has 1 saturated heterocycles. The molecule has 2 fully saturated rings. The van der Waals surface area contributed by atoms with E-state index in [1.54, 1.807) is 6.07 Å². The summed E-state index contributed by atoms with van der Waals surface area (Å²) in [5, 5.41) is 6.94. The third-order valence-electron chi connectivity index (χ3n) is 4.70. The number of amides is 1. The normalized spacial score (nSPS) is 20.8. The maximum atomic E-state index is 13.6. The van der Waals surface area contributed by atoms with Crippen molar-refractivity contribution in [1.82, 2.24) is 15.6 Å². The number of carbonyl (C=O) groups is 1. The van der Waals surface area contributed by atoms with Crippen molar-refractivity contribution in [2.24, 2.45) is 0 Å². The topological polar surface area (TPSA) is 54.0 Å². The Morgan fingerprint density at radius 1 is 1.30 bits per heavy atom. The SMILES string of the molecule is O=C(NCC1CCCN1)c1cc(C2CC2)nc2ccc(F)cc12. The smallest absolute Gasteiger partial charge is 0.252 e. The molecule has 2 N–H and O–H groups in total. The molecule has 1 aromatic carbocycles. The molecule has 23 heavy (non-hydrogen) atoms. The predicted octanol–water partition coefficient (Wildman–Crippen LogP) is 2.73. The van der Waals surface area contributed by atoms with E-state index >= 15 is 0 Å². The minimum Gasteiger partial charge on any atom is -0.350 e. The highest BCUT2D eigenvalue weighted by Gasteiger charge is 2.27. The Morgan fingerprint density at radius 3 is 2.91 bits per heavy atom. The van der Waals surface area contributed by atoms with Gasteiger partial charge >= 0.3 is 0 Å². The molecular formula is C18H20FN3O. The summed E-state index contributed by atoms with van der Waals surface area (Å²) < 4.78 is 13.6. The molecule has 1 amide bonds. The summed E-state index contributed by atoms with van der Waals surface area (Å²) in [6, 6.07) is 6.65. The molecular weight excluding hydrogens is 293 g/mol. The van der Waals surface area contributed by atoms with Crippen molar-refractivity contribution in [3.8, 4) is 0 Å². The number of nitrogens with zero attached hydrogens (tertiary/aromatic N) is 1.